The second-order valence-corrected chi connectivity index (χ2v) is 10.4. The molecule has 2 N–H and O–H groups in total. The van der Waals surface area contributed by atoms with E-state index in [1.807, 2.05) is 19.9 Å². The Bertz CT molecular complexity index is 1090. The van der Waals surface area contributed by atoms with Crippen LogP contribution in [0.3, 0.4) is 0 Å². The van der Waals surface area contributed by atoms with Crippen LogP contribution in [0.25, 0.3) is 0 Å². The number of rotatable bonds is 4. The molecule has 0 unspecified atom stereocenters. The number of ether oxygens (including phenoxy) is 2. The third-order valence-electron chi connectivity index (χ3n) is 5.78. The van der Waals surface area contributed by atoms with E-state index in [0.717, 1.165) is 12.1 Å². The number of sulfonamides is 1. The number of methoxy groups -OCH3 is 1. The van der Waals surface area contributed by atoms with Crippen molar-refractivity contribution < 1.29 is 22.7 Å². The van der Waals surface area contributed by atoms with Crippen LogP contribution in [0.15, 0.2) is 47.4 Å². The monoisotopic (exact) mass is 475 g/mol. The molecule has 1 aliphatic heterocycles. The third-order valence-corrected chi connectivity index (χ3v) is 7.16. The zero-order chi connectivity index (χ0) is 24.2. The van der Waals surface area contributed by atoms with E-state index in [1.165, 1.54) is 12.1 Å². The molecule has 0 aromatic heterocycles. The van der Waals surface area contributed by atoms with Gasteiger partial charge in [0.1, 0.15) is 12.4 Å². The van der Waals surface area contributed by atoms with Crippen molar-refractivity contribution >= 4 is 21.6 Å². The second-order valence-electron chi connectivity index (χ2n) is 8.69. The van der Waals surface area contributed by atoms with Crippen molar-refractivity contribution in [2.75, 3.05) is 38.6 Å². The lowest BCUT2D eigenvalue weighted by Gasteiger charge is -2.30. The van der Waals surface area contributed by atoms with Crippen LogP contribution in [0.1, 0.15) is 29.8 Å². The zero-order valence-electron chi connectivity index (χ0n) is 19.8. The molecule has 9 heteroatoms. The van der Waals surface area contributed by atoms with E-state index in [0.29, 0.717) is 18.9 Å². The van der Waals surface area contributed by atoms with Crippen LogP contribution >= 0.6 is 0 Å². The molecule has 3 rings (SSSR count). The fraction of sp³-hybridized carbons (Fsp3) is 0.458. The molecule has 0 bridgehead atoms. The fourth-order valence-corrected chi connectivity index (χ4v) is 4.87. The van der Waals surface area contributed by atoms with Gasteiger partial charge in [0, 0.05) is 39.0 Å². The number of anilines is 1. The predicted octanol–water partition coefficient (Wildman–Crippen LogP) is 2.89. The minimum Gasteiger partial charge on any atom is -0.491 e. The van der Waals surface area contributed by atoms with Crippen LogP contribution in [0, 0.1) is 12.8 Å². The summed E-state index contributed by atoms with van der Waals surface area (Å²) in [5.41, 5.74) is 1.41. The standard InChI is InChI=1S/C24H33N3O5S/c1-16-7-6-8-20(11-16)33(29,30)26-19-9-10-22-21(12-19)24(28)27(4)14-23(31-5)17(2)13-25-18(3)15-32-22/h6-12,17-18,23,25-26H,13-15H2,1-5H3/t17-,18-,23+/m1/s1. The van der Waals surface area contributed by atoms with Crippen molar-refractivity contribution in [1.82, 2.24) is 10.2 Å². The summed E-state index contributed by atoms with van der Waals surface area (Å²) in [5, 5.41) is 3.44. The van der Waals surface area contributed by atoms with Gasteiger partial charge < -0.3 is 19.7 Å². The smallest absolute Gasteiger partial charge is 0.261 e. The summed E-state index contributed by atoms with van der Waals surface area (Å²) in [4.78, 5) is 15.1. The third kappa shape index (κ3) is 6.25. The Morgan fingerprint density at radius 1 is 1.18 bits per heavy atom. The molecule has 33 heavy (non-hydrogen) atoms. The average Bonchev–Trinajstić information content (AvgIpc) is 2.78. The van der Waals surface area contributed by atoms with E-state index in [-0.39, 0.29) is 40.1 Å². The number of benzene rings is 2. The molecule has 180 valence electrons. The maximum Gasteiger partial charge on any atom is 0.261 e. The van der Waals surface area contributed by atoms with Crippen LogP contribution < -0.4 is 14.8 Å². The highest BCUT2D eigenvalue weighted by Crippen LogP contribution is 2.27. The van der Waals surface area contributed by atoms with E-state index in [9.17, 15) is 13.2 Å². The Morgan fingerprint density at radius 3 is 2.64 bits per heavy atom. The number of nitrogens with zero attached hydrogens (tertiary/aromatic N) is 1. The molecule has 0 radical (unpaired) electrons. The van der Waals surface area contributed by atoms with Crippen LogP contribution in [0.4, 0.5) is 5.69 Å². The van der Waals surface area contributed by atoms with E-state index >= 15 is 0 Å². The Hall–Kier alpha value is -2.62. The summed E-state index contributed by atoms with van der Waals surface area (Å²) in [7, 11) is -0.460. The van der Waals surface area contributed by atoms with Gasteiger partial charge in [-0.05, 0) is 55.7 Å². The number of likely N-dealkylation sites (N-methyl/N-ethyl adjacent to an activating group) is 1. The maximum atomic E-state index is 13.3. The van der Waals surface area contributed by atoms with Gasteiger partial charge in [-0.15, -0.1) is 0 Å². The van der Waals surface area contributed by atoms with Gasteiger partial charge >= 0.3 is 0 Å². The minimum absolute atomic E-state index is 0.0598. The molecular formula is C24H33N3O5S. The lowest BCUT2D eigenvalue weighted by molar-refractivity contribution is 0.0281. The molecular weight excluding hydrogens is 442 g/mol. The molecule has 1 heterocycles. The molecule has 0 fully saturated rings. The number of nitrogens with one attached hydrogen (secondary N) is 2. The van der Waals surface area contributed by atoms with Crippen molar-refractivity contribution in [3.63, 3.8) is 0 Å². The summed E-state index contributed by atoms with van der Waals surface area (Å²) in [6.07, 6.45) is -0.148. The lowest BCUT2D eigenvalue weighted by Crippen LogP contribution is -2.44. The van der Waals surface area contributed by atoms with Gasteiger partial charge in [-0.1, -0.05) is 19.1 Å². The molecule has 0 saturated heterocycles. The lowest BCUT2D eigenvalue weighted by atomic mass is 10.0. The number of amides is 1. The SMILES string of the molecule is CO[C@H]1CN(C)C(=O)c2cc(NS(=O)(=O)c3cccc(C)c3)ccc2OC[C@@H](C)NC[C@H]1C. The summed E-state index contributed by atoms with van der Waals surface area (Å²) >= 11 is 0. The van der Waals surface area contributed by atoms with E-state index in [2.05, 4.69) is 17.0 Å². The molecule has 0 aliphatic carbocycles. The van der Waals surface area contributed by atoms with Crippen molar-refractivity contribution in [2.45, 2.75) is 37.8 Å². The number of hydrogen-bond acceptors (Lipinski definition) is 6. The first-order valence-corrected chi connectivity index (χ1v) is 12.5. The number of fused-ring (bicyclic) bond motifs is 1. The number of carbonyl (C=O) groups is 1. The average molecular weight is 476 g/mol. The number of hydrogen-bond donors (Lipinski definition) is 2. The largest absolute Gasteiger partial charge is 0.491 e. The van der Waals surface area contributed by atoms with Crippen LogP contribution in [0.5, 0.6) is 5.75 Å². The topological polar surface area (TPSA) is 97.0 Å². The first-order valence-electron chi connectivity index (χ1n) is 11.0. The predicted molar refractivity (Wildman–Crippen MR) is 128 cm³/mol. The molecule has 0 spiro atoms. The second kappa shape index (κ2) is 10.5. The van der Waals surface area contributed by atoms with Gasteiger partial charge in [0.2, 0.25) is 0 Å². The van der Waals surface area contributed by atoms with Gasteiger partial charge in [-0.25, -0.2) is 8.42 Å². The van der Waals surface area contributed by atoms with Crippen molar-refractivity contribution in [3.05, 3.63) is 53.6 Å². The van der Waals surface area contributed by atoms with Crippen molar-refractivity contribution in [3.8, 4) is 5.75 Å². The summed E-state index contributed by atoms with van der Waals surface area (Å²) < 4.78 is 39.9. The first-order chi connectivity index (χ1) is 15.6. The van der Waals surface area contributed by atoms with Crippen molar-refractivity contribution in [2.24, 2.45) is 5.92 Å². The summed E-state index contributed by atoms with van der Waals surface area (Å²) in [6, 6.07) is 11.5. The van der Waals surface area contributed by atoms with Gasteiger partial charge in [0.15, 0.2) is 0 Å². The van der Waals surface area contributed by atoms with E-state index in [1.54, 1.807) is 43.3 Å². The molecule has 2 aromatic rings. The minimum atomic E-state index is -3.81. The Labute approximate surface area is 196 Å². The molecule has 0 saturated carbocycles. The number of aryl methyl sites for hydroxylation is 1. The molecule has 1 amide bonds. The van der Waals surface area contributed by atoms with Gasteiger partial charge in [-0.3, -0.25) is 9.52 Å². The van der Waals surface area contributed by atoms with E-state index < -0.39 is 10.0 Å². The Morgan fingerprint density at radius 2 is 1.94 bits per heavy atom. The maximum absolute atomic E-state index is 13.3. The number of carbonyl (C=O) groups excluding carboxylic acids is 1. The first kappa shape index (κ1) is 25.0. The molecule has 8 nitrogen and oxygen atoms in total. The molecule has 1 aliphatic rings. The van der Waals surface area contributed by atoms with Gasteiger partial charge in [-0.2, -0.15) is 0 Å². The molecule has 2 aromatic carbocycles. The normalized spacial score (nSPS) is 22.5. The van der Waals surface area contributed by atoms with Crippen molar-refractivity contribution in [1.29, 1.82) is 0 Å². The van der Waals surface area contributed by atoms with Gasteiger partial charge in [0.05, 0.1) is 16.6 Å². The van der Waals surface area contributed by atoms with E-state index in [4.69, 9.17) is 9.47 Å². The Balaban J connectivity index is 1.94. The highest BCUT2D eigenvalue weighted by Gasteiger charge is 2.26. The highest BCUT2D eigenvalue weighted by atomic mass is 32.2. The quantitative estimate of drug-likeness (QED) is 0.706. The van der Waals surface area contributed by atoms with Crippen LogP contribution in [0.2, 0.25) is 0 Å². The van der Waals surface area contributed by atoms with Crippen LogP contribution in [-0.2, 0) is 14.8 Å². The fourth-order valence-electron chi connectivity index (χ4n) is 3.72. The van der Waals surface area contributed by atoms with Crippen LogP contribution in [-0.4, -0.2) is 65.2 Å². The highest BCUT2D eigenvalue weighted by molar-refractivity contribution is 7.92. The Kier molecular flexibility index (Phi) is 7.99. The van der Waals surface area contributed by atoms with Gasteiger partial charge in [0.25, 0.3) is 15.9 Å². The molecule has 3 atom stereocenters. The summed E-state index contributed by atoms with van der Waals surface area (Å²) in [6.45, 7) is 7.41. The zero-order valence-corrected chi connectivity index (χ0v) is 20.6. The summed E-state index contributed by atoms with van der Waals surface area (Å²) in [5.74, 6) is 0.317.